The standard InChI is InChI=1S/C16H13BrN2O2/c1-10-3-4-13(7-11(10)2)19-16(20)12(9-18)8-14-5-6-15(17)21-14/h3-8H,1-2H3,(H,19,20)/b12-8+. The minimum absolute atomic E-state index is 0.0184. The van der Waals surface area contributed by atoms with Crippen molar-refractivity contribution in [1.29, 1.82) is 5.26 Å². The number of carbonyl (C=O) groups excluding carboxylic acids is 1. The third-order valence-corrected chi connectivity index (χ3v) is 3.44. The van der Waals surface area contributed by atoms with Crippen LogP contribution in [0.3, 0.4) is 0 Å². The zero-order valence-electron chi connectivity index (χ0n) is 11.6. The summed E-state index contributed by atoms with van der Waals surface area (Å²) in [7, 11) is 0. The van der Waals surface area contributed by atoms with Crippen molar-refractivity contribution in [1.82, 2.24) is 0 Å². The Balaban J connectivity index is 2.19. The predicted octanol–water partition coefficient (Wildman–Crippen LogP) is 4.20. The lowest BCUT2D eigenvalue weighted by Gasteiger charge is -2.06. The molecule has 0 atom stereocenters. The number of aryl methyl sites for hydroxylation is 2. The van der Waals surface area contributed by atoms with E-state index in [2.05, 4.69) is 21.2 Å². The molecule has 1 aromatic heterocycles. The topological polar surface area (TPSA) is 66.0 Å². The first-order valence-electron chi connectivity index (χ1n) is 6.25. The molecule has 4 nitrogen and oxygen atoms in total. The third-order valence-electron chi connectivity index (χ3n) is 3.01. The molecule has 1 aromatic carbocycles. The van der Waals surface area contributed by atoms with Gasteiger partial charge in [0.2, 0.25) is 0 Å². The Kier molecular flexibility index (Phi) is 4.61. The zero-order valence-corrected chi connectivity index (χ0v) is 13.2. The molecule has 2 aromatic rings. The zero-order chi connectivity index (χ0) is 15.4. The quantitative estimate of drug-likeness (QED) is 0.670. The summed E-state index contributed by atoms with van der Waals surface area (Å²) in [5.41, 5.74) is 2.86. The summed E-state index contributed by atoms with van der Waals surface area (Å²) in [4.78, 5) is 12.1. The molecule has 2 rings (SSSR count). The fraction of sp³-hybridized carbons (Fsp3) is 0.125. The van der Waals surface area contributed by atoms with Crippen LogP contribution < -0.4 is 5.32 Å². The van der Waals surface area contributed by atoms with E-state index >= 15 is 0 Å². The van der Waals surface area contributed by atoms with Crippen LogP contribution in [0.15, 0.2) is 45.0 Å². The van der Waals surface area contributed by atoms with Gasteiger partial charge in [-0.2, -0.15) is 5.26 Å². The number of halogens is 1. The van der Waals surface area contributed by atoms with E-state index in [1.165, 1.54) is 6.08 Å². The van der Waals surface area contributed by atoms with E-state index in [1.807, 2.05) is 32.0 Å². The summed E-state index contributed by atoms with van der Waals surface area (Å²) in [6.45, 7) is 3.96. The lowest BCUT2D eigenvalue weighted by Crippen LogP contribution is -2.13. The molecular formula is C16H13BrN2O2. The fourth-order valence-electron chi connectivity index (χ4n) is 1.71. The highest BCUT2D eigenvalue weighted by molar-refractivity contribution is 9.10. The van der Waals surface area contributed by atoms with Gasteiger partial charge < -0.3 is 9.73 Å². The lowest BCUT2D eigenvalue weighted by atomic mass is 10.1. The highest BCUT2D eigenvalue weighted by atomic mass is 79.9. The minimum atomic E-state index is -0.465. The average molecular weight is 345 g/mol. The molecule has 0 unspecified atom stereocenters. The van der Waals surface area contributed by atoms with Crippen LogP contribution in [0, 0.1) is 25.2 Å². The number of hydrogen-bond donors (Lipinski definition) is 1. The molecule has 5 heteroatoms. The Bertz CT molecular complexity index is 754. The van der Waals surface area contributed by atoms with Gasteiger partial charge in [0.25, 0.3) is 5.91 Å². The largest absolute Gasteiger partial charge is 0.450 e. The smallest absolute Gasteiger partial charge is 0.266 e. The number of nitrogens with one attached hydrogen (secondary N) is 1. The molecule has 1 N–H and O–H groups in total. The molecule has 1 amide bonds. The van der Waals surface area contributed by atoms with Gasteiger partial charge in [0.15, 0.2) is 4.67 Å². The number of carbonyl (C=O) groups is 1. The second-order valence-corrected chi connectivity index (χ2v) is 5.35. The molecule has 0 bridgehead atoms. The van der Waals surface area contributed by atoms with Crippen molar-refractivity contribution in [2.75, 3.05) is 5.32 Å². The van der Waals surface area contributed by atoms with Gasteiger partial charge in [-0.05, 0) is 65.2 Å². The van der Waals surface area contributed by atoms with Gasteiger partial charge in [0.1, 0.15) is 17.4 Å². The number of nitrogens with zero attached hydrogens (tertiary/aromatic N) is 1. The van der Waals surface area contributed by atoms with E-state index < -0.39 is 5.91 Å². The Hall–Kier alpha value is -2.32. The molecule has 0 aliphatic rings. The van der Waals surface area contributed by atoms with Crippen LogP contribution in [0.25, 0.3) is 6.08 Å². The van der Waals surface area contributed by atoms with Crippen molar-refractivity contribution in [3.05, 3.63) is 57.5 Å². The van der Waals surface area contributed by atoms with Crippen molar-refractivity contribution in [2.45, 2.75) is 13.8 Å². The first-order valence-corrected chi connectivity index (χ1v) is 7.04. The molecule has 0 spiro atoms. The maximum Gasteiger partial charge on any atom is 0.266 e. The number of rotatable bonds is 3. The number of benzene rings is 1. The van der Waals surface area contributed by atoms with E-state index in [-0.39, 0.29) is 5.57 Å². The van der Waals surface area contributed by atoms with Crippen LogP contribution >= 0.6 is 15.9 Å². The van der Waals surface area contributed by atoms with Crippen LogP contribution in [0.1, 0.15) is 16.9 Å². The third kappa shape index (κ3) is 3.83. The van der Waals surface area contributed by atoms with E-state index in [0.717, 1.165) is 11.1 Å². The van der Waals surface area contributed by atoms with Crippen molar-refractivity contribution < 1.29 is 9.21 Å². The SMILES string of the molecule is Cc1ccc(NC(=O)/C(C#N)=C/c2ccc(Br)o2)cc1C. The maximum atomic E-state index is 12.1. The van der Waals surface area contributed by atoms with Gasteiger partial charge in [-0.25, -0.2) is 0 Å². The Labute approximate surface area is 131 Å². The summed E-state index contributed by atoms with van der Waals surface area (Å²) in [5, 5.41) is 11.8. The van der Waals surface area contributed by atoms with Crippen molar-refractivity contribution in [3.63, 3.8) is 0 Å². The fourth-order valence-corrected chi connectivity index (χ4v) is 2.03. The first-order chi connectivity index (χ1) is 9.99. The number of furan rings is 1. The van der Waals surface area contributed by atoms with Crippen LogP contribution in [0.5, 0.6) is 0 Å². The molecule has 1 heterocycles. The molecule has 0 saturated heterocycles. The molecule has 0 aliphatic heterocycles. The lowest BCUT2D eigenvalue weighted by molar-refractivity contribution is -0.112. The Morgan fingerprint density at radius 3 is 2.62 bits per heavy atom. The minimum Gasteiger partial charge on any atom is -0.450 e. The highest BCUT2D eigenvalue weighted by Crippen LogP contribution is 2.18. The van der Waals surface area contributed by atoms with Crippen molar-refractivity contribution >= 4 is 33.6 Å². The number of hydrogen-bond acceptors (Lipinski definition) is 3. The molecule has 0 radical (unpaired) electrons. The van der Waals surface area contributed by atoms with E-state index in [0.29, 0.717) is 16.1 Å². The van der Waals surface area contributed by atoms with Gasteiger partial charge >= 0.3 is 0 Å². The summed E-state index contributed by atoms with van der Waals surface area (Å²) in [6.07, 6.45) is 1.40. The Morgan fingerprint density at radius 2 is 2.05 bits per heavy atom. The van der Waals surface area contributed by atoms with Gasteiger partial charge in [-0.3, -0.25) is 4.79 Å². The monoisotopic (exact) mass is 344 g/mol. The molecule has 0 saturated carbocycles. The number of amides is 1. The average Bonchev–Trinajstić information content (AvgIpc) is 2.85. The number of anilines is 1. The van der Waals surface area contributed by atoms with E-state index in [9.17, 15) is 4.79 Å². The Morgan fingerprint density at radius 1 is 1.29 bits per heavy atom. The first kappa shape index (κ1) is 15.1. The summed E-state index contributed by atoms with van der Waals surface area (Å²) < 4.78 is 5.80. The summed E-state index contributed by atoms with van der Waals surface area (Å²) in [6, 6.07) is 10.8. The van der Waals surface area contributed by atoms with Crippen molar-refractivity contribution in [2.24, 2.45) is 0 Å². The second kappa shape index (κ2) is 6.42. The molecular weight excluding hydrogens is 332 g/mol. The van der Waals surface area contributed by atoms with Gasteiger partial charge in [0.05, 0.1) is 0 Å². The van der Waals surface area contributed by atoms with Crippen LogP contribution in [0.2, 0.25) is 0 Å². The van der Waals surface area contributed by atoms with E-state index in [1.54, 1.807) is 18.2 Å². The van der Waals surface area contributed by atoms with Gasteiger partial charge in [-0.15, -0.1) is 0 Å². The molecule has 0 fully saturated rings. The molecule has 0 aliphatic carbocycles. The summed E-state index contributed by atoms with van der Waals surface area (Å²) in [5.74, 6) is -0.0260. The summed E-state index contributed by atoms with van der Waals surface area (Å²) >= 11 is 3.17. The second-order valence-electron chi connectivity index (χ2n) is 4.56. The van der Waals surface area contributed by atoms with Crippen molar-refractivity contribution in [3.8, 4) is 6.07 Å². The normalized spacial score (nSPS) is 11.0. The van der Waals surface area contributed by atoms with Gasteiger partial charge in [-0.1, -0.05) is 6.07 Å². The number of nitriles is 1. The highest BCUT2D eigenvalue weighted by Gasteiger charge is 2.11. The molecule has 21 heavy (non-hydrogen) atoms. The maximum absolute atomic E-state index is 12.1. The van der Waals surface area contributed by atoms with E-state index in [4.69, 9.17) is 9.68 Å². The molecule has 106 valence electrons. The van der Waals surface area contributed by atoms with Crippen LogP contribution in [-0.2, 0) is 4.79 Å². The van der Waals surface area contributed by atoms with Gasteiger partial charge in [0, 0.05) is 11.8 Å². The van der Waals surface area contributed by atoms with Crippen LogP contribution in [0.4, 0.5) is 5.69 Å². The predicted molar refractivity (Wildman–Crippen MR) is 84.5 cm³/mol. The van der Waals surface area contributed by atoms with Crippen LogP contribution in [-0.4, -0.2) is 5.91 Å².